The number of H-pyrrole nitrogens is 1. The first kappa shape index (κ1) is 16.3. The van der Waals surface area contributed by atoms with Gasteiger partial charge in [0.25, 0.3) is 5.91 Å². The maximum atomic E-state index is 13.0. The molecule has 1 aromatic rings. The number of sulfone groups is 1. The summed E-state index contributed by atoms with van der Waals surface area (Å²) in [5, 5.41) is 7.08. The van der Waals surface area contributed by atoms with Gasteiger partial charge in [0.1, 0.15) is 5.69 Å². The van der Waals surface area contributed by atoms with Crippen molar-refractivity contribution in [1.29, 1.82) is 0 Å². The van der Waals surface area contributed by atoms with Crippen LogP contribution in [0.5, 0.6) is 0 Å². The largest absolute Gasteiger partial charge is 0.335 e. The molecule has 8 nitrogen and oxygen atoms in total. The number of carbonyl (C=O) groups is 2. The number of rotatable bonds is 3. The summed E-state index contributed by atoms with van der Waals surface area (Å²) in [4.78, 5) is 28.9. The highest BCUT2D eigenvalue weighted by Crippen LogP contribution is 2.39. The minimum absolute atomic E-state index is 0.0478. The van der Waals surface area contributed by atoms with Crippen molar-refractivity contribution in [3.8, 4) is 0 Å². The summed E-state index contributed by atoms with van der Waals surface area (Å²) in [7, 11) is -3.26. The van der Waals surface area contributed by atoms with E-state index in [2.05, 4.69) is 10.2 Å². The molecule has 2 amide bonds. The number of carbonyl (C=O) groups excluding carboxylic acids is 2. The highest BCUT2D eigenvalue weighted by Gasteiger charge is 2.51. The van der Waals surface area contributed by atoms with Crippen LogP contribution in [0.4, 0.5) is 0 Å². The standard InChI is InChI=1S/C17H22N4O4S/c22-16(11-3-4-11)20-5-6-21(15-9-26(24,25)8-14(15)20)17(23)13-7-12(18-19-13)10-1-2-10/h7,10-11,14-15H,1-6,8-9H2,(H,18,19)/t14-,15+/m1/s1. The Hall–Kier alpha value is -1.90. The summed E-state index contributed by atoms with van der Waals surface area (Å²) in [6, 6.07) is 0.901. The number of hydrogen-bond acceptors (Lipinski definition) is 5. The van der Waals surface area contributed by atoms with Crippen LogP contribution in [0, 0.1) is 5.92 Å². The Kier molecular flexibility index (Phi) is 3.47. The van der Waals surface area contributed by atoms with Crippen molar-refractivity contribution in [3.05, 3.63) is 17.5 Å². The Morgan fingerprint density at radius 3 is 2.35 bits per heavy atom. The molecule has 9 heteroatoms. The summed E-state index contributed by atoms with van der Waals surface area (Å²) in [5.74, 6) is 0.218. The van der Waals surface area contributed by atoms with E-state index >= 15 is 0 Å². The van der Waals surface area contributed by atoms with Gasteiger partial charge >= 0.3 is 0 Å². The van der Waals surface area contributed by atoms with Gasteiger partial charge in [0.15, 0.2) is 9.84 Å². The Labute approximate surface area is 151 Å². The molecule has 5 rings (SSSR count). The third kappa shape index (κ3) is 2.72. The molecule has 2 saturated heterocycles. The van der Waals surface area contributed by atoms with Crippen molar-refractivity contribution in [2.24, 2.45) is 5.92 Å². The summed E-state index contributed by atoms with van der Waals surface area (Å²) in [6.45, 7) is 0.761. The maximum absolute atomic E-state index is 13.0. The molecule has 26 heavy (non-hydrogen) atoms. The van der Waals surface area contributed by atoms with Gasteiger partial charge in [0.2, 0.25) is 5.91 Å². The van der Waals surface area contributed by atoms with Crippen molar-refractivity contribution in [1.82, 2.24) is 20.0 Å². The van der Waals surface area contributed by atoms with Gasteiger partial charge in [-0.25, -0.2) is 8.42 Å². The van der Waals surface area contributed by atoms with E-state index in [0.29, 0.717) is 24.7 Å². The lowest BCUT2D eigenvalue weighted by Gasteiger charge is -2.43. The zero-order valence-electron chi connectivity index (χ0n) is 14.4. The Bertz CT molecular complexity index is 871. The average Bonchev–Trinajstić information content (AvgIpc) is 3.53. The molecular formula is C17H22N4O4S. The quantitative estimate of drug-likeness (QED) is 0.806. The second-order valence-electron chi connectivity index (χ2n) is 8.00. The Balaban J connectivity index is 1.40. The zero-order valence-corrected chi connectivity index (χ0v) is 15.2. The molecule has 2 atom stereocenters. The van der Waals surface area contributed by atoms with E-state index in [9.17, 15) is 18.0 Å². The molecule has 4 fully saturated rings. The minimum Gasteiger partial charge on any atom is -0.335 e. The van der Waals surface area contributed by atoms with Gasteiger partial charge in [-0.1, -0.05) is 0 Å². The van der Waals surface area contributed by atoms with Crippen LogP contribution < -0.4 is 0 Å². The molecule has 0 radical (unpaired) electrons. The monoisotopic (exact) mass is 378 g/mol. The van der Waals surface area contributed by atoms with Gasteiger partial charge < -0.3 is 9.80 Å². The van der Waals surface area contributed by atoms with Gasteiger partial charge in [-0.15, -0.1) is 0 Å². The molecule has 3 heterocycles. The number of aromatic amines is 1. The number of hydrogen-bond donors (Lipinski definition) is 1. The normalized spacial score (nSPS) is 30.3. The number of amides is 2. The van der Waals surface area contributed by atoms with E-state index in [1.807, 2.05) is 0 Å². The van der Waals surface area contributed by atoms with Crippen LogP contribution >= 0.6 is 0 Å². The van der Waals surface area contributed by atoms with E-state index in [0.717, 1.165) is 31.4 Å². The van der Waals surface area contributed by atoms with Crippen LogP contribution in [0.1, 0.15) is 47.8 Å². The summed E-state index contributed by atoms with van der Waals surface area (Å²) >= 11 is 0. The summed E-state index contributed by atoms with van der Waals surface area (Å²) in [5.41, 5.74) is 1.32. The highest BCUT2D eigenvalue weighted by molar-refractivity contribution is 7.91. The fraction of sp³-hybridized carbons (Fsp3) is 0.706. The van der Waals surface area contributed by atoms with Gasteiger partial charge in [0.05, 0.1) is 23.6 Å². The van der Waals surface area contributed by atoms with E-state index in [1.165, 1.54) is 0 Å². The molecular weight excluding hydrogens is 356 g/mol. The Morgan fingerprint density at radius 2 is 1.69 bits per heavy atom. The second kappa shape index (κ2) is 5.55. The van der Waals surface area contributed by atoms with Gasteiger partial charge in [0, 0.05) is 30.6 Å². The van der Waals surface area contributed by atoms with Crippen LogP contribution in [-0.4, -0.2) is 76.9 Å². The first-order chi connectivity index (χ1) is 12.4. The van der Waals surface area contributed by atoms with Crippen molar-refractivity contribution in [3.63, 3.8) is 0 Å². The first-order valence-corrected chi connectivity index (χ1v) is 11.1. The van der Waals surface area contributed by atoms with Crippen molar-refractivity contribution >= 4 is 21.7 Å². The van der Waals surface area contributed by atoms with Crippen LogP contribution in [-0.2, 0) is 14.6 Å². The third-order valence-electron chi connectivity index (χ3n) is 5.98. The van der Waals surface area contributed by atoms with Gasteiger partial charge in [-0.05, 0) is 31.7 Å². The van der Waals surface area contributed by atoms with Gasteiger partial charge in [-0.2, -0.15) is 5.10 Å². The van der Waals surface area contributed by atoms with Crippen molar-refractivity contribution in [2.45, 2.75) is 43.7 Å². The number of nitrogens with one attached hydrogen (secondary N) is 1. The fourth-order valence-corrected chi connectivity index (χ4v) is 6.22. The predicted octanol–water partition coefficient (Wildman–Crippen LogP) is 0.147. The molecule has 0 aromatic carbocycles. The SMILES string of the molecule is O=C(C1CC1)N1CCN(C(=O)c2cc(C3CC3)[nH]n2)[C@H]2CS(=O)(=O)C[C@H]21. The molecule has 4 aliphatic rings. The molecule has 0 bridgehead atoms. The maximum Gasteiger partial charge on any atom is 0.274 e. The number of piperazine rings is 1. The second-order valence-corrected chi connectivity index (χ2v) is 10.2. The predicted molar refractivity (Wildman–Crippen MR) is 92.3 cm³/mol. The summed E-state index contributed by atoms with van der Waals surface area (Å²) in [6.07, 6.45) is 4.00. The Morgan fingerprint density at radius 1 is 1.04 bits per heavy atom. The van der Waals surface area contributed by atoms with E-state index in [4.69, 9.17) is 0 Å². The van der Waals surface area contributed by atoms with Crippen molar-refractivity contribution < 1.29 is 18.0 Å². The van der Waals surface area contributed by atoms with Crippen LogP contribution in [0.3, 0.4) is 0 Å². The van der Waals surface area contributed by atoms with Crippen LogP contribution in [0.2, 0.25) is 0 Å². The highest BCUT2D eigenvalue weighted by atomic mass is 32.2. The smallest absolute Gasteiger partial charge is 0.274 e. The number of nitrogens with zero attached hydrogens (tertiary/aromatic N) is 3. The average molecular weight is 378 g/mol. The molecule has 1 N–H and O–H groups in total. The van der Waals surface area contributed by atoms with E-state index in [1.54, 1.807) is 15.9 Å². The lowest BCUT2D eigenvalue weighted by molar-refractivity contribution is -0.137. The van der Waals surface area contributed by atoms with Crippen LogP contribution in [0.25, 0.3) is 0 Å². The van der Waals surface area contributed by atoms with Crippen molar-refractivity contribution in [2.75, 3.05) is 24.6 Å². The first-order valence-electron chi connectivity index (χ1n) is 9.30. The summed E-state index contributed by atoms with van der Waals surface area (Å²) < 4.78 is 24.5. The number of fused-ring (bicyclic) bond motifs is 1. The minimum atomic E-state index is -3.26. The van der Waals surface area contributed by atoms with Gasteiger partial charge in [-0.3, -0.25) is 14.7 Å². The molecule has 1 aromatic heterocycles. The fourth-order valence-electron chi connectivity index (χ4n) is 4.24. The molecule has 2 saturated carbocycles. The molecule has 2 aliphatic carbocycles. The third-order valence-corrected chi connectivity index (χ3v) is 7.68. The van der Waals surface area contributed by atoms with E-state index in [-0.39, 0.29) is 29.2 Å². The molecule has 0 spiro atoms. The van der Waals surface area contributed by atoms with E-state index < -0.39 is 21.9 Å². The number of aromatic nitrogens is 2. The molecule has 0 unspecified atom stereocenters. The topological polar surface area (TPSA) is 103 Å². The zero-order chi connectivity index (χ0) is 18.1. The molecule has 140 valence electrons. The molecule has 2 aliphatic heterocycles. The lowest BCUT2D eigenvalue weighted by atomic mass is 10.0. The lowest BCUT2D eigenvalue weighted by Crippen LogP contribution is -2.62. The van der Waals surface area contributed by atoms with Crippen LogP contribution in [0.15, 0.2) is 6.07 Å².